The highest BCUT2D eigenvalue weighted by atomic mass is 16.5. The number of ether oxygens (including phenoxy) is 1. The zero-order valence-electron chi connectivity index (χ0n) is 41.0. The van der Waals surface area contributed by atoms with Gasteiger partial charge in [-0.15, -0.1) is 0 Å². The van der Waals surface area contributed by atoms with Crippen LogP contribution < -0.4 is 5.32 Å². The van der Waals surface area contributed by atoms with Crippen LogP contribution in [0.3, 0.4) is 0 Å². The lowest BCUT2D eigenvalue weighted by atomic mass is 10.0. The van der Waals surface area contributed by atoms with Crippen LogP contribution in [0.1, 0.15) is 258 Å². The molecule has 3 atom stereocenters. The third-order valence-electron chi connectivity index (χ3n) is 11.9. The van der Waals surface area contributed by atoms with Crippen molar-refractivity contribution in [3.05, 3.63) is 60.8 Å². The summed E-state index contributed by atoms with van der Waals surface area (Å²) in [5.74, 6) is -0.496. The van der Waals surface area contributed by atoms with Crippen LogP contribution in [0.15, 0.2) is 60.8 Å². The Kier molecular flexibility index (Phi) is 47.6. The Labute approximate surface area is 384 Å². The summed E-state index contributed by atoms with van der Waals surface area (Å²) >= 11 is 0. The van der Waals surface area contributed by atoms with Crippen molar-refractivity contribution in [1.29, 1.82) is 0 Å². The maximum atomic E-state index is 13.2. The molecule has 0 saturated carbocycles. The number of carbonyl (C=O) groups is 2. The number of esters is 1. The van der Waals surface area contributed by atoms with Gasteiger partial charge in [0.05, 0.1) is 25.2 Å². The molecular weight excluding hydrogens is 767 g/mol. The minimum Gasteiger partial charge on any atom is -0.462 e. The van der Waals surface area contributed by atoms with Crippen LogP contribution in [0.4, 0.5) is 0 Å². The summed E-state index contributed by atoms with van der Waals surface area (Å²) in [5.41, 5.74) is 0. The lowest BCUT2D eigenvalue weighted by molar-refractivity contribution is -0.151. The van der Waals surface area contributed by atoms with E-state index < -0.39 is 18.2 Å². The molecule has 3 unspecified atom stereocenters. The summed E-state index contributed by atoms with van der Waals surface area (Å²) < 4.78 is 5.93. The summed E-state index contributed by atoms with van der Waals surface area (Å²) in [5, 5.41) is 23.7. The Morgan fingerprint density at radius 3 is 1.47 bits per heavy atom. The van der Waals surface area contributed by atoms with Crippen LogP contribution in [0.2, 0.25) is 0 Å². The van der Waals surface area contributed by atoms with Crippen molar-refractivity contribution < 1.29 is 24.5 Å². The molecule has 0 rings (SSSR count). The molecule has 0 aliphatic heterocycles. The predicted octanol–water partition coefficient (Wildman–Crippen LogP) is 16.0. The van der Waals surface area contributed by atoms with Crippen LogP contribution in [-0.2, 0) is 14.3 Å². The Hall–Kier alpha value is -2.44. The number of hydrogen-bond donors (Lipinski definition) is 3. The molecular formula is C56H101NO5. The molecule has 1 amide bonds. The van der Waals surface area contributed by atoms with Crippen LogP contribution in [0.5, 0.6) is 0 Å². The second-order valence-electron chi connectivity index (χ2n) is 18.0. The zero-order chi connectivity index (χ0) is 45.2. The van der Waals surface area contributed by atoms with E-state index >= 15 is 0 Å². The second kappa shape index (κ2) is 49.6. The van der Waals surface area contributed by atoms with Crippen molar-refractivity contribution in [2.45, 2.75) is 277 Å². The normalized spacial score (nSPS) is 13.7. The number of amides is 1. The fraction of sp³-hybridized carbons (Fsp3) is 0.786. The van der Waals surface area contributed by atoms with Gasteiger partial charge in [-0.3, -0.25) is 9.59 Å². The van der Waals surface area contributed by atoms with Gasteiger partial charge in [-0.2, -0.15) is 0 Å². The highest BCUT2D eigenvalue weighted by Crippen LogP contribution is 2.18. The van der Waals surface area contributed by atoms with Crippen molar-refractivity contribution >= 4 is 11.9 Å². The first kappa shape index (κ1) is 59.6. The molecule has 3 N–H and O–H groups in total. The zero-order valence-corrected chi connectivity index (χ0v) is 41.0. The summed E-state index contributed by atoms with van der Waals surface area (Å²) in [6.45, 7) is 6.32. The quantitative estimate of drug-likeness (QED) is 0.0245. The molecule has 0 aliphatic carbocycles. The van der Waals surface area contributed by atoms with Gasteiger partial charge in [-0.1, -0.05) is 229 Å². The topological polar surface area (TPSA) is 95.9 Å². The minimum atomic E-state index is -0.794. The van der Waals surface area contributed by atoms with Crippen molar-refractivity contribution in [1.82, 2.24) is 5.32 Å². The van der Waals surface area contributed by atoms with Gasteiger partial charge >= 0.3 is 5.97 Å². The first-order valence-corrected chi connectivity index (χ1v) is 26.5. The van der Waals surface area contributed by atoms with Gasteiger partial charge in [0.1, 0.15) is 6.10 Å². The third kappa shape index (κ3) is 44.2. The molecule has 0 aliphatic rings. The average molecular weight is 868 g/mol. The van der Waals surface area contributed by atoms with Crippen molar-refractivity contribution in [3.63, 3.8) is 0 Å². The van der Waals surface area contributed by atoms with E-state index in [-0.39, 0.29) is 24.9 Å². The largest absolute Gasteiger partial charge is 0.462 e. The number of rotatable bonds is 47. The van der Waals surface area contributed by atoms with Crippen molar-refractivity contribution in [2.24, 2.45) is 0 Å². The van der Waals surface area contributed by atoms with Gasteiger partial charge in [0.15, 0.2) is 0 Å². The number of carbonyl (C=O) groups excluding carboxylic acids is 2. The molecule has 0 aromatic rings. The first-order chi connectivity index (χ1) is 30.5. The smallest absolute Gasteiger partial charge is 0.306 e. The van der Waals surface area contributed by atoms with E-state index in [2.05, 4.69) is 86.8 Å². The summed E-state index contributed by atoms with van der Waals surface area (Å²) in [6.07, 6.45) is 61.4. The highest BCUT2D eigenvalue weighted by molar-refractivity contribution is 5.77. The number of hydrogen-bond acceptors (Lipinski definition) is 5. The molecule has 62 heavy (non-hydrogen) atoms. The fourth-order valence-corrected chi connectivity index (χ4v) is 7.87. The molecule has 0 heterocycles. The van der Waals surface area contributed by atoms with Crippen LogP contribution in [0, 0.1) is 0 Å². The van der Waals surface area contributed by atoms with E-state index in [9.17, 15) is 19.8 Å². The Morgan fingerprint density at radius 1 is 0.500 bits per heavy atom. The fourth-order valence-electron chi connectivity index (χ4n) is 7.87. The van der Waals surface area contributed by atoms with Crippen molar-refractivity contribution in [3.8, 4) is 0 Å². The number of unbranched alkanes of at least 4 members (excludes halogenated alkanes) is 27. The standard InChI is InChI=1S/C56H101NO5/c1-4-7-10-13-16-19-22-24-25-26-27-28-29-31-34-37-40-43-46-49-56(61)62-52(47-44-41-38-35-33-30-23-20-17-14-11-8-5-2)50-55(60)57-53(51-58)54(59)48-45-42-39-36-32-21-18-15-12-9-6-3/h8,11,14,16-17,19-20,23-25,52-54,58-59H,4-7,9-10,12-13,15,18,21-22,26-51H2,1-3H3,(H,57,60)/b11-8+,17-14+,19-16-,23-20+,25-24-. The highest BCUT2D eigenvalue weighted by Gasteiger charge is 2.24. The van der Waals surface area contributed by atoms with Gasteiger partial charge in [-0.05, 0) is 77.0 Å². The number of aliphatic hydroxyl groups is 2. The Bertz CT molecular complexity index is 1110. The lowest BCUT2D eigenvalue weighted by Crippen LogP contribution is -2.46. The number of allylic oxidation sites excluding steroid dienone is 10. The van der Waals surface area contributed by atoms with E-state index in [1.807, 2.05) is 0 Å². The van der Waals surface area contributed by atoms with Crippen LogP contribution in [-0.4, -0.2) is 46.9 Å². The Balaban J connectivity index is 4.55. The Morgan fingerprint density at radius 2 is 0.935 bits per heavy atom. The molecule has 0 aromatic heterocycles. The van der Waals surface area contributed by atoms with Gasteiger partial charge in [0.2, 0.25) is 5.91 Å². The SMILES string of the molecule is CC/C=C/C=C/C=C/CCCCCCCC(CC(=O)NC(CO)C(O)CCCCCCCCCCCCC)OC(=O)CCCCCCCCCCC/C=C\C/C=C\CCCCC. The second-order valence-corrected chi connectivity index (χ2v) is 18.0. The summed E-state index contributed by atoms with van der Waals surface area (Å²) in [4.78, 5) is 26.2. The molecule has 0 bridgehead atoms. The van der Waals surface area contributed by atoms with Crippen LogP contribution in [0.25, 0.3) is 0 Å². The average Bonchev–Trinajstić information content (AvgIpc) is 3.26. The molecule has 360 valence electrons. The summed E-state index contributed by atoms with van der Waals surface area (Å²) in [7, 11) is 0. The molecule has 6 nitrogen and oxygen atoms in total. The van der Waals surface area contributed by atoms with Gasteiger partial charge in [0.25, 0.3) is 0 Å². The van der Waals surface area contributed by atoms with E-state index in [4.69, 9.17) is 4.74 Å². The molecule has 0 radical (unpaired) electrons. The number of aliphatic hydroxyl groups excluding tert-OH is 2. The molecule has 0 fully saturated rings. The van der Waals surface area contributed by atoms with Gasteiger partial charge in [0, 0.05) is 6.42 Å². The summed E-state index contributed by atoms with van der Waals surface area (Å²) in [6, 6.07) is -0.709. The van der Waals surface area contributed by atoms with Crippen LogP contribution >= 0.6 is 0 Å². The maximum absolute atomic E-state index is 13.2. The van der Waals surface area contributed by atoms with Gasteiger partial charge in [-0.25, -0.2) is 0 Å². The lowest BCUT2D eigenvalue weighted by Gasteiger charge is -2.24. The van der Waals surface area contributed by atoms with E-state index in [1.54, 1.807) is 0 Å². The molecule has 0 saturated heterocycles. The third-order valence-corrected chi connectivity index (χ3v) is 11.9. The minimum absolute atomic E-state index is 0.0615. The molecule has 0 spiro atoms. The van der Waals surface area contributed by atoms with E-state index in [0.29, 0.717) is 19.3 Å². The molecule has 0 aromatic carbocycles. The van der Waals surface area contributed by atoms with Crippen molar-refractivity contribution in [2.75, 3.05) is 6.61 Å². The van der Waals surface area contributed by atoms with E-state index in [1.165, 1.54) is 122 Å². The van der Waals surface area contributed by atoms with E-state index in [0.717, 1.165) is 89.9 Å². The maximum Gasteiger partial charge on any atom is 0.306 e. The predicted molar refractivity (Wildman–Crippen MR) is 268 cm³/mol. The van der Waals surface area contributed by atoms with Gasteiger partial charge < -0.3 is 20.3 Å². The monoisotopic (exact) mass is 868 g/mol. The molecule has 6 heteroatoms. The number of nitrogens with one attached hydrogen (secondary N) is 1. The first-order valence-electron chi connectivity index (χ1n) is 26.5.